The minimum Gasteiger partial charge on any atom is -0.349 e. The molecule has 0 saturated carbocycles. The molecule has 1 heterocycles. The molecule has 0 fully saturated rings. The molecule has 0 radical (unpaired) electrons. The Bertz CT molecular complexity index is 403. The van der Waals surface area contributed by atoms with Gasteiger partial charge >= 0.3 is 0 Å². The lowest BCUT2D eigenvalue weighted by molar-refractivity contribution is -0.122. The van der Waals surface area contributed by atoms with Gasteiger partial charge in [-0.2, -0.15) is 5.10 Å². The number of nitrogens with zero attached hydrogens (tertiary/aromatic N) is 2. The number of rotatable bonds is 4. The number of hydrogen-bond donors (Lipinski definition) is 2. The van der Waals surface area contributed by atoms with Gasteiger partial charge in [0, 0.05) is 30.3 Å². The van der Waals surface area contributed by atoms with Crippen molar-refractivity contribution < 1.29 is 4.79 Å². The van der Waals surface area contributed by atoms with Crippen molar-refractivity contribution in [1.82, 2.24) is 15.1 Å². The van der Waals surface area contributed by atoms with Gasteiger partial charge in [0.05, 0.1) is 12.2 Å². The van der Waals surface area contributed by atoms with Gasteiger partial charge in [0.1, 0.15) is 0 Å². The smallest absolute Gasteiger partial charge is 0.222 e. The minimum atomic E-state index is -0.478. The summed E-state index contributed by atoms with van der Waals surface area (Å²) in [6, 6.07) is -0.0430. The highest BCUT2D eigenvalue weighted by atomic mass is 16.1. The van der Waals surface area contributed by atoms with Crippen LogP contribution in [0.5, 0.6) is 0 Å². The summed E-state index contributed by atoms with van der Waals surface area (Å²) in [5.74, 6) is -0.0340. The lowest BCUT2D eigenvalue weighted by Gasteiger charge is -2.20. The predicted molar refractivity (Wildman–Crippen MR) is 67.4 cm³/mol. The van der Waals surface area contributed by atoms with Gasteiger partial charge < -0.3 is 11.1 Å². The highest BCUT2D eigenvalue weighted by molar-refractivity contribution is 5.77. The van der Waals surface area contributed by atoms with Crippen molar-refractivity contribution in [1.29, 1.82) is 0 Å². The molecule has 1 unspecified atom stereocenters. The summed E-state index contributed by atoms with van der Waals surface area (Å²) in [5.41, 5.74) is 7.43. The molecule has 1 rings (SSSR count). The lowest BCUT2D eigenvalue weighted by atomic mass is 10.0. The van der Waals surface area contributed by atoms with E-state index in [1.165, 1.54) is 0 Å². The number of aryl methyl sites for hydroxylation is 1. The molecule has 1 atom stereocenters. The second-order valence-corrected chi connectivity index (χ2v) is 5.26. The van der Waals surface area contributed by atoms with Gasteiger partial charge in [-0.05, 0) is 27.7 Å². The maximum Gasteiger partial charge on any atom is 0.222 e. The Morgan fingerprint density at radius 3 is 2.65 bits per heavy atom. The highest BCUT2D eigenvalue weighted by Crippen LogP contribution is 2.16. The zero-order valence-corrected chi connectivity index (χ0v) is 11.2. The van der Waals surface area contributed by atoms with Crippen molar-refractivity contribution in [2.24, 2.45) is 12.8 Å². The fourth-order valence-corrected chi connectivity index (χ4v) is 1.72. The standard InChI is InChI=1S/C12H22N4O/c1-8(10-7-14-16(5)9(10)2)15-11(17)6-12(3,4)13/h7-8H,6,13H2,1-5H3,(H,15,17). The topological polar surface area (TPSA) is 72.9 Å². The summed E-state index contributed by atoms with van der Waals surface area (Å²) in [7, 11) is 1.89. The number of nitrogens with two attached hydrogens (primary N) is 1. The fraction of sp³-hybridized carbons (Fsp3) is 0.667. The average Bonchev–Trinajstić information content (AvgIpc) is 2.44. The van der Waals surface area contributed by atoms with Crippen molar-refractivity contribution in [2.45, 2.75) is 45.7 Å². The van der Waals surface area contributed by atoms with E-state index in [9.17, 15) is 4.79 Å². The van der Waals surface area contributed by atoms with Crippen molar-refractivity contribution in [3.05, 3.63) is 17.5 Å². The average molecular weight is 238 g/mol. The van der Waals surface area contributed by atoms with E-state index in [4.69, 9.17) is 5.73 Å². The third-order valence-electron chi connectivity index (χ3n) is 2.73. The molecule has 17 heavy (non-hydrogen) atoms. The summed E-state index contributed by atoms with van der Waals surface area (Å²) in [6.07, 6.45) is 2.10. The first-order chi connectivity index (χ1) is 7.70. The summed E-state index contributed by atoms with van der Waals surface area (Å²) < 4.78 is 1.80. The first-order valence-electron chi connectivity index (χ1n) is 5.77. The van der Waals surface area contributed by atoms with E-state index in [1.807, 2.05) is 34.7 Å². The Hall–Kier alpha value is -1.36. The third-order valence-corrected chi connectivity index (χ3v) is 2.73. The van der Waals surface area contributed by atoms with Crippen LogP contribution in [0.1, 0.15) is 44.5 Å². The Morgan fingerprint density at radius 1 is 1.65 bits per heavy atom. The zero-order chi connectivity index (χ0) is 13.2. The fourth-order valence-electron chi connectivity index (χ4n) is 1.72. The first kappa shape index (κ1) is 13.7. The van der Waals surface area contributed by atoms with E-state index in [1.54, 1.807) is 10.9 Å². The number of nitrogens with one attached hydrogen (secondary N) is 1. The van der Waals surface area contributed by atoms with E-state index in [0.29, 0.717) is 6.42 Å². The van der Waals surface area contributed by atoms with Gasteiger partial charge in [-0.3, -0.25) is 9.48 Å². The van der Waals surface area contributed by atoms with Crippen LogP contribution in [-0.4, -0.2) is 21.2 Å². The van der Waals surface area contributed by atoms with Gasteiger partial charge in [-0.25, -0.2) is 0 Å². The van der Waals surface area contributed by atoms with Crippen LogP contribution in [0, 0.1) is 6.92 Å². The largest absolute Gasteiger partial charge is 0.349 e. The summed E-state index contributed by atoms with van der Waals surface area (Å²) in [5, 5.41) is 7.09. The quantitative estimate of drug-likeness (QED) is 0.823. The van der Waals surface area contributed by atoms with Crippen LogP contribution in [-0.2, 0) is 11.8 Å². The summed E-state index contributed by atoms with van der Waals surface area (Å²) in [6.45, 7) is 7.61. The van der Waals surface area contributed by atoms with Crippen LogP contribution >= 0.6 is 0 Å². The molecule has 0 aliphatic heterocycles. The number of aromatic nitrogens is 2. The van der Waals surface area contributed by atoms with Crippen LogP contribution in [0.4, 0.5) is 0 Å². The molecule has 0 aliphatic rings. The van der Waals surface area contributed by atoms with Gasteiger partial charge in [-0.15, -0.1) is 0 Å². The Kier molecular flexibility index (Phi) is 3.93. The first-order valence-corrected chi connectivity index (χ1v) is 5.77. The molecule has 1 amide bonds. The van der Waals surface area contributed by atoms with E-state index >= 15 is 0 Å². The molecular formula is C12H22N4O. The molecule has 1 aromatic heterocycles. The van der Waals surface area contributed by atoms with Crippen molar-refractivity contribution in [3.63, 3.8) is 0 Å². The third kappa shape index (κ3) is 3.85. The molecule has 5 heteroatoms. The van der Waals surface area contributed by atoms with Gasteiger partial charge in [0.2, 0.25) is 5.91 Å². The molecule has 0 saturated heterocycles. The zero-order valence-electron chi connectivity index (χ0n) is 11.2. The number of carbonyl (C=O) groups excluding carboxylic acids is 1. The van der Waals surface area contributed by atoms with E-state index in [0.717, 1.165) is 11.3 Å². The molecule has 0 bridgehead atoms. The van der Waals surface area contributed by atoms with E-state index < -0.39 is 5.54 Å². The molecule has 3 N–H and O–H groups in total. The Labute approximate surface area is 102 Å². The second-order valence-electron chi connectivity index (χ2n) is 5.26. The predicted octanol–water partition coefficient (Wildman–Crippen LogP) is 1.03. The Morgan fingerprint density at radius 2 is 2.24 bits per heavy atom. The summed E-state index contributed by atoms with van der Waals surface area (Å²) >= 11 is 0. The van der Waals surface area contributed by atoms with Crippen LogP contribution < -0.4 is 11.1 Å². The van der Waals surface area contributed by atoms with Gasteiger partial charge in [0.25, 0.3) is 0 Å². The SMILES string of the molecule is Cc1c(C(C)NC(=O)CC(C)(C)N)cnn1C. The van der Waals surface area contributed by atoms with Crippen LogP contribution in [0.15, 0.2) is 6.20 Å². The van der Waals surface area contributed by atoms with E-state index in [2.05, 4.69) is 10.4 Å². The lowest BCUT2D eigenvalue weighted by Crippen LogP contribution is -2.39. The van der Waals surface area contributed by atoms with Crippen molar-refractivity contribution in [2.75, 3.05) is 0 Å². The maximum atomic E-state index is 11.7. The summed E-state index contributed by atoms with van der Waals surface area (Å²) in [4.78, 5) is 11.7. The van der Waals surface area contributed by atoms with Gasteiger partial charge in [0.15, 0.2) is 0 Å². The normalized spacial score (nSPS) is 13.5. The van der Waals surface area contributed by atoms with E-state index in [-0.39, 0.29) is 11.9 Å². The maximum absolute atomic E-state index is 11.7. The monoisotopic (exact) mass is 238 g/mol. The highest BCUT2D eigenvalue weighted by Gasteiger charge is 2.19. The number of amides is 1. The molecule has 1 aromatic rings. The van der Waals surface area contributed by atoms with Crippen LogP contribution in [0.25, 0.3) is 0 Å². The van der Waals surface area contributed by atoms with Gasteiger partial charge in [-0.1, -0.05) is 0 Å². The molecule has 96 valence electrons. The molecule has 0 spiro atoms. The molecule has 0 aliphatic carbocycles. The number of hydrogen-bond acceptors (Lipinski definition) is 3. The molecular weight excluding hydrogens is 216 g/mol. The van der Waals surface area contributed by atoms with Crippen molar-refractivity contribution >= 4 is 5.91 Å². The van der Waals surface area contributed by atoms with Crippen LogP contribution in [0.2, 0.25) is 0 Å². The molecule has 5 nitrogen and oxygen atoms in total. The second kappa shape index (κ2) is 4.87. The van der Waals surface area contributed by atoms with Crippen molar-refractivity contribution in [3.8, 4) is 0 Å². The van der Waals surface area contributed by atoms with Crippen LogP contribution in [0.3, 0.4) is 0 Å². The molecule has 0 aromatic carbocycles. The minimum absolute atomic E-state index is 0.0340. The Balaban J connectivity index is 2.64. The number of carbonyl (C=O) groups is 1.